The van der Waals surface area contributed by atoms with Crippen LogP contribution in [0.25, 0.3) is 0 Å². The van der Waals surface area contributed by atoms with Gasteiger partial charge in [-0.15, -0.1) is 0 Å². The molecule has 1 heterocycles. The van der Waals surface area contributed by atoms with E-state index >= 15 is 0 Å². The molecule has 7 heteroatoms. The van der Waals surface area contributed by atoms with Crippen LogP contribution in [0, 0.1) is 0 Å². The summed E-state index contributed by atoms with van der Waals surface area (Å²) in [5.74, 6) is 0.342. The van der Waals surface area contributed by atoms with Crippen LogP contribution in [0.2, 0.25) is 0 Å². The smallest absolute Gasteiger partial charge is 0.257 e. The first-order chi connectivity index (χ1) is 15.0. The highest BCUT2D eigenvalue weighted by Gasteiger charge is 2.18. The number of nitrogens with one attached hydrogen (secondary N) is 2. The molecule has 3 rings (SSSR count). The third-order valence-electron chi connectivity index (χ3n) is 5.25. The Labute approximate surface area is 189 Å². The molecule has 1 saturated heterocycles. The average Bonchev–Trinajstić information content (AvgIpc) is 2.79. The minimum absolute atomic E-state index is 0.0245. The minimum Gasteiger partial charge on any atom is -0.491 e. The molecule has 0 spiro atoms. The molecular formula is C24H29N3O3S. The second-order valence-corrected chi connectivity index (χ2v) is 8.11. The zero-order chi connectivity index (χ0) is 22.2. The van der Waals surface area contributed by atoms with Gasteiger partial charge in [0.2, 0.25) is 0 Å². The highest BCUT2D eigenvalue weighted by molar-refractivity contribution is 7.80. The minimum atomic E-state index is -0.326. The molecule has 0 bridgehead atoms. The summed E-state index contributed by atoms with van der Waals surface area (Å²) in [6, 6.07) is 14.2. The lowest BCUT2D eigenvalue weighted by Crippen LogP contribution is -2.36. The molecule has 0 aromatic heterocycles. The van der Waals surface area contributed by atoms with Crippen LogP contribution in [-0.4, -0.2) is 41.0 Å². The Morgan fingerprint density at radius 3 is 2.52 bits per heavy atom. The molecule has 2 aromatic carbocycles. The van der Waals surface area contributed by atoms with E-state index in [2.05, 4.69) is 10.6 Å². The van der Waals surface area contributed by atoms with E-state index in [4.69, 9.17) is 17.0 Å². The van der Waals surface area contributed by atoms with Gasteiger partial charge < -0.3 is 15.0 Å². The Kier molecular flexibility index (Phi) is 8.00. The Bertz CT molecular complexity index is 941. The van der Waals surface area contributed by atoms with Crippen LogP contribution in [0.15, 0.2) is 48.5 Å². The summed E-state index contributed by atoms with van der Waals surface area (Å²) in [6.45, 7) is 5.62. The second kappa shape index (κ2) is 10.9. The number of rotatable bonds is 6. The summed E-state index contributed by atoms with van der Waals surface area (Å²) in [5.41, 5.74) is 1.72. The number of hydrogen-bond donors (Lipinski definition) is 2. The normalized spacial score (nSPS) is 14.5. The van der Waals surface area contributed by atoms with Crippen LogP contribution in [-0.2, 0) is 0 Å². The van der Waals surface area contributed by atoms with Crippen LogP contribution in [0.5, 0.6) is 5.75 Å². The van der Waals surface area contributed by atoms with Gasteiger partial charge in [-0.25, -0.2) is 0 Å². The first-order valence-electron chi connectivity index (χ1n) is 10.7. The van der Waals surface area contributed by atoms with Gasteiger partial charge >= 0.3 is 0 Å². The number of carbonyl (C=O) groups is 2. The number of thiocarbonyl (C=S) groups is 1. The average molecular weight is 440 g/mol. The van der Waals surface area contributed by atoms with Gasteiger partial charge in [0, 0.05) is 29.9 Å². The van der Waals surface area contributed by atoms with E-state index in [0.29, 0.717) is 22.6 Å². The topological polar surface area (TPSA) is 70.7 Å². The van der Waals surface area contributed by atoms with Crippen molar-refractivity contribution in [2.24, 2.45) is 0 Å². The summed E-state index contributed by atoms with van der Waals surface area (Å²) < 4.78 is 5.78. The molecule has 1 fully saturated rings. The molecule has 2 aromatic rings. The second-order valence-electron chi connectivity index (χ2n) is 7.71. The number of likely N-dealkylation sites (tertiary alicyclic amines) is 1. The van der Waals surface area contributed by atoms with Gasteiger partial charge in [-0.1, -0.05) is 19.1 Å². The Morgan fingerprint density at radius 2 is 1.77 bits per heavy atom. The van der Waals surface area contributed by atoms with Crippen molar-refractivity contribution in [3.63, 3.8) is 0 Å². The van der Waals surface area contributed by atoms with Crippen molar-refractivity contribution in [2.75, 3.05) is 18.4 Å². The van der Waals surface area contributed by atoms with Gasteiger partial charge in [0.15, 0.2) is 5.11 Å². The van der Waals surface area contributed by atoms with E-state index in [1.807, 2.05) is 30.9 Å². The lowest BCUT2D eigenvalue weighted by atomic mass is 10.1. The molecule has 2 N–H and O–H groups in total. The molecule has 31 heavy (non-hydrogen) atoms. The highest BCUT2D eigenvalue weighted by Crippen LogP contribution is 2.18. The van der Waals surface area contributed by atoms with E-state index in [9.17, 15) is 9.59 Å². The first kappa shape index (κ1) is 22.7. The largest absolute Gasteiger partial charge is 0.491 e. The number of hydrogen-bond acceptors (Lipinski definition) is 4. The lowest BCUT2D eigenvalue weighted by Gasteiger charge is -2.26. The van der Waals surface area contributed by atoms with Gasteiger partial charge in [-0.2, -0.15) is 0 Å². The van der Waals surface area contributed by atoms with E-state index in [1.165, 1.54) is 6.42 Å². The number of piperidine rings is 1. The van der Waals surface area contributed by atoms with Gasteiger partial charge in [-0.3, -0.25) is 14.9 Å². The van der Waals surface area contributed by atoms with Gasteiger partial charge in [0.25, 0.3) is 11.8 Å². The van der Waals surface area contributed by atoms with E-state index in [0.717, 1.165) is 32.4 Å². The van der Waals surface area contributed by atoms with Crippen molar-refractivity contribution in [2.45, 2.75) is 45.6 Å². The maximum absolute atomic E-state index is 12.7. The lowest BCUT2D eigenvalue weighted by molar-refractivity contribution is 0.0724. The maximum Gasteiger partial charge on any atom is 0.257 e. The van der Waals surface area contributed by atoms with Crippen molar-refractivity contribution in [1.82, 2.24) is 10.2 Å². The number of ether oxygens (including phenoxy) is 1. The van der Waals surface area contributed by atoms with Gasteiger partial charge in [0.05, 0.1) is 6.10 Å². The SMILES string of the molecule is CCC(C)Oc1cccc(C(=O)NC(=S)Nc2cccc(C(=O)N3CCCCC3)c2)c1. The Hall–Kier alpha value is -2.93. The molecule has 1 unspecified atom stereocenters. The Balaban J connectivity index is 1.60. The molecule has 6 nitrogen and oxygen atoms in total. The van der Waals surface area contributed by atoms with E-state index < -0.39 is 0 Å². The Morgan fingerprint density at radius 1 is 1.06 bits per heavy atom. The summed E-state index contributed by atoms with van der Waals surface area (Å²) >= 11 is 5.30. The first-order valence-corrected chi connectivity index (χ1v) is 11.2. The summed E-state index contributed by atoms with van der Waals surface area (Å²) in [5, 5.41) is 5.84. The van der Waals surface area contributed by atoms with Crippen LogP contribution in [0.4, 0.5) is 5.69 Å². The number of nitrogens with zero attached hydrogens (tertiary/aromatic N) is 1. The van der Waals surface area contributed by atoms with E-state index in [1.54, 1.807) is 36.4 Å². The van der Waals surface area contributed by atoms with Gasteiger partial charge in [-0.05, 0) is 81.2 Å². The van der Waals surface area contributed by atoms with Crippen molar-refractivity contribution in [1.29, 1.82) is 0 Å². The fraction of sp³-hybridized carbons (Fsp3) is 0.375. The molecule has 164 valence electrons. The highest BCUT2D eigenvalue weighted by atomic mass is 32.1. The van der Waals surface area contributed by atoms with Crippen molar-refractivity contribution >= 4 is 34.8 Å². The molecule has 0 aliphatic carbocycles. The van der Waals surface area contributed by atoms with Crippen LogP contribution in [0.3, 0.4) is 0 Å². The predicted octanol–water partition coefficient (Wildman–Crippen LogP) is 4.62. The summed E-state index contributed by atoms with van der Waals surface area (Å²) in [4.78, 5) is 27.2. The number of benzene rings is 2. The third-order valence-corrected chi connectivity index (χ3v) is 5.45. The van der Waals surface area contributed by atoms with Gasteiger partial charge in [0.1, 0.15) is 5.75 Å². The molecular weight excluding hydrogens is 410 g/mol. The maximum atomic E-state index is 12.7. The summed E-state index contributed by atoms with van der Waals surface area (Å²) in [6.07, 6.45) is 4.21. The quantitative estimate of drug-likeness (QED) is 0.643. The van der Waals surface area contributed by atoms with Crippen LogP contribution >= 0.6 is 12.2 Å². The number of anilines is 1. The van der Waals surface area contributed by atoms with Crippen molar-refractivity contribution in [3.8, 4) is 5.75 Å². The molecule has 1 atom stereocenters. The zero-order valence-electron chi connectivity index (χ0n) is 18.0. The fourth-order valence-electron chi connectivity index (χ4n) is 3.37. The standard InChI is InChI=1S/C24H29N3O3S/c1-3-17(2)30-21-12-8-9-18(16-21)22(28)26-24(31)25-20-11-7-10-19(15-20)23(29)27-13-5-4-6-14-27/h7-12,15-17H,3-6,13-14H2,1-2H3,(H2,25,26,28,31). The van der Waals surface area contributed by atoms with Crippen molar-refractivity contribution < 1.29 is 14.3 Å². The number of amides is 2. The molecule has 1 aliphatic heterocycles. The van der Waals surface area contributed by atoms with Crippen LogP contribution < -0.4 is 15.4 Å². The molecule has 2 amide bonds. The molecule has 1 aliphatic rings. The molecule has 0 saturated carbocycles. The van der Waals surface area contributed by atoms with Crippen LogP contribution in [0.1, 0.15) is 60.2 Å². The van der Waals surface area contributed by atoms with Crippen molar-refractivity contribution in [3.05, 3.63) is 59.7 Å². The third kappa shape index (κ3) is 6.52. The number of carbonyl (C=O) groups excluding carboxylic acids is 2. The van der Waals surface area contributed by atoms with E-state index in [-0.39, 0.29) is 23.0 Å². The monoisotopic (exact) mass is 439 g/mol. The molecule has 0 radical (unpaired) electrons. The fourth-order valence-corrected chi connectivity index (χ4v) is 3.58. The summed E-state index contributed by atoms with van der Waals surface area (Å²) in [7, 11) is 0. The predicted molar refractivity (Wildman–Crippen MR) is 127 cm³/mol. The zero-order valence-corrected chi connectivity index (χ0v) is 18.8.